The monoisotopic (exact) mass is 244 g/mol. The van der Waals surface area contributed by atoms with Crippen molar-refractivity contribution >= 4 is 5.78 Å². The Morgan fingerprint density at radius 2 is 1.86 bits per heavy atom. The van der Waals surface area contributed by atoms with E-state index in [1.165, 1.54) is 13.2 Å². The Morgan fingerprint density at radius 3 is 2.14 bits per heavy atom. The number of carbonyl (C=O) groups excluding carboxylic acids is 1. The molecule has 1 atom stereocenters. The second-order valence-corrected chi connectivity index (χ2v) is 4.06. The van der Waals surface area contributed by atoms with Crippen LogP contribution in [0.3, 0.4) is 0 Å². The van der Waals surface area contributed by atoms with Gasteiger partial charge in [-0.3, -0.25) is 4.79 Å². The summed E-state index contributed by atoms with van der Waals surface area (Å²) in [6.07, 6.45) is 0.806. The van der Waals surface area contributed by atoms with Gasteiger partial charge in [-0.1, -0.05) is 20.8 Å². The van der Waals surface area contributed by atoms with Crippen molar-refractivity contribution in [3.05, 3.63) is 11.8 Å². The minimum absolute atomic E-state index is 0. The fraction of sp³-hybridized carbons (Fsp3) is 0.700. The van der Waals surface area contributed by atoms with Crippen LogP contribution in [0, 0.1) is 5.41 Å². The quantitative estimate of drug-likeness (QED) is 0.470. The molecular formula is C10H18NiO3. The van der Waals surface area contributed by atoms with Crippen LogP contribution in [-0.2, 0) is 26.0 Å². The topological polar surface area (TPSA) is 46.5 Å². The number of rotatable bonds is 3. The van der Waals surface area contributed by atoms with Crippen LogP contribution in [0.25, 0.3) is 0 Å². The summed E-state index contributed by atoms with van der Waals surface area (Å²) >= 11 is 0. The van der Waals surface area contributed by atoms with Gasteiger partial charge >= 0.3 is 0 Å². The molecule has 0 aliphatic heterocycles. The summed E-state index contributed by atoms with van der Waals surface area (Å²) < 4.78 is 4.85. The molecule has 0 saturated carbocycles. The molecule has 0 heterocycles. The van der Waals surface area contributed by atoms with Crippen molar-refractivity contribution in [1.29, 1.82) is 0 Å². The van der Waals surface area contributed by atoms with Gasteiger partial charge in [0.2, 0.25) is 0 Å². The minimum Gasteiger partial charge on any atom is -0.509 e. The fourth-order valence-corrected chi connectivity index (χ4v) is 0.589. The van der Waals surface area contributed by atoms with Gasteiger partial charge in [-0.15, -0.1) is 0 Å². The Bertz CT molecular complexity index is 216. The van der Waals surface area contributed by atoms with E-state index in [0.29, 0.717) is 0 Å². The zero-order valence-corrected chi connectivity index (χ0v) is 10.2. The molecule has 14 heavy (non-hydrogen) atoms. The predicted molar refractivity (Wildman–Crippen MR) is 51.6 cm³/mol. The van der Waals surface area contributed by atoms with Crippen molar-refractivity contribution < 1.29 is 31.1 Å². The summed E-state index contributed by atoms with van der Waals surface area (Å²) in [5.41, 5.74) is -0.457. The van der Waals surface area contributed by atoms with E-state index in [9.17, 15) is 9.90 Å². The first-order chi connectivity index (χ1) is 5.79. The Morgan fingerprint density at radius 1 is 1.43 bits per heavy atom. The van der Waals surface area contributed by atoms with Crippen LogP contribution in [0.2, 0.25) is 0 Å². The van der Waals surface area contributed by atoms with Gasteiger partial charge in [-0.25, -0.2) is 0 Å². The molecule has 0 amide bonds. The molecule has 0 aliphatic carbocycles. The van der Waals surface area contributed by atoms with Gasteiger partial charge in [-0.2, -0.15) is 0 Å². The van der Waals surface area contributed by atoms with Gasteiger partial charge in [-0.05, 0) is 6.92 Å². The third kappa shape index (κ3) is 5.41. The Labute approximate surface area is 95.5 Å². The third-order valence-corrected chi connectivity index (χ3v) is 1.79. The van der Waals surface area contributed by atoms with E-state index in [-0.39, 0.29) is 28.0 Å². The third-order valence-electron chi connectivity index (χ3n) is 1.79. The van der Waals surface area contributed by atoms with Gasteiger partial charge in [0.15, 0.2) is 5.78 Å². The number of methoxy groups -OCH3 is 1. The van der Waals surface area contributed by atoms with E-state index in [0.717, 1.165) is 0 Å². The largest absolute Gasteiger partial charge is 0.509 e. The fourth-order valence-electron chi connectivity index (χ4n) is 0.589. The standard InChI is InChI=1S/C10H18O3.Ni/c1-7(13-5)8(11)6-9(12)10(2,3)4;/h6-7,11H,1-5H3;/b8-6-;. The first kappa shape index (κ1) is 16.1. The zero-order chi connectivity index (χ0) is 10.6. The number of aliphatic hydroxyl groups is 1. The maximum atomic E-state index is 11.4. The molecule has 3 nitrogen and oxygen atoms in total. The van der Waals surface area contributed by atoms with E-state index < -0.39 is 11.5 Å². The van der Waals surface area contributed by atoms with Crippen molar-refractivity contribution in [3.8, 4) is 0 Å². The average molecular weight is 245 g/mol. The van der Waals surface area contributed by atoms with E-state index in [1.54, 1.807) is 27.7 Å². The summed E-state index contributed by atoms with van der Waals surface area (Å²) in [6.45, 7) is 7.09. The summed E-state index contributed by atoms with van der Waals surface area (Å²) in [7, 11) is 1.48. The van der Waals surface area contributed by atoms with Crippen molar-refractivity contribution in [2.75, 3.05) is 7.11 Å². The average Bonchev–Trinajstić information content (AvgIpc) is 2.01. The van der Waals surface area contributed by atoms with Crippen LogP contribution in [0.4, 0.5) is 0 Å². The molecule has 4 heteroatoms. The molecular weight excluding hydrogens is 227 g/mol. The molecule has 0 aromatic heterocycles. The molecule has 1 unspecified atom stereocenters. The van der Waals surface area contributed by atoms with E-state index >= 15 is 0 Å². The SMILES string of the molecule is COC(C)/C(O)=C/C(=O)C(C)(C)C.[Ni]. The summed E-state index contributed by atoms with van der Waals surface area (Å²) in [4.78, 5) is 11.4. The molecule has 86 valence electrons. The van der Waals surface area contributed by atoms with Crippen LogP contribution >= 0.6 is 0 Å². The second kappa shape index (κ2) is 6.20. The maximum Gasteiger partial charge on any atom is 0.164 e. The van der Waals surface area contributed by atoms with Crippen LogP contribution in [0.15, 0.2) is 11.8 Å². The van der Waals surface area contributed by atoms with E-state index in [2.05, 4.69) is 0 Å². The predicted octanol–water partition coefficient (Wildman–Crippen LogP) is 2.08. The molecule has 1 N–H and O–H groups in total. The van der Waals surface area contributed by atoms with Crippen molar-refractivity contribution in [3.63, 3.8) is 0 Å². The Kier molecular flexibility index (Phi) is 7.14. The van der Waals surface area contributed by atoms with Crippen LogP contribution in [0.1, 0.15) is 27.7 Å². The normalized spacial score (nSPS) is 14.5. The molecule has 0 aromatic carbocycles. The smallest absolute Gasteiger partial charge is 0.164 e. The number of ketones is 1. The number of ether oxygens (including phenoxy) is 1. The molecule has 0 fully saturated rings. The summed E-state index contributed by atoms with van der Waals surface area (Å²) in [6, 6.07) is 0. The zero-order valence-electron chi connectivity index (χ0n) is 9.23. The van der Waals surface area contributed by atoms with Crippen molar-refractivity contribution in [1.82, 2.24) is 0 Å². The first-order valence-electron chi connectivity index (χ1n) is 4.27. The van der Waals surface area contributed by atoms with Crippen LogP contribution < -0.4 is 0 Å². The van der Waals surface area contributed by atoms with Gasteiger partial charge in [0, 0.05) is 35.1 Å². The maximum absolute atomic E-state index is 11.4. The molecule has 0 spiro atoms. The van der Waals surface area contributed by atoms with Gasteiger partial charge in [0.05, 0.1) is 0 Å². The molecule has 0 saturated heterocycles. The molecule has 0 aliphatic rings. The first-order valence-corrected chi connectivity index (χ1v) is 4.27. The van der Waals surface area contributed by atoms with Gasteiger partial charge in [0.1, 0.15) is 11.9 Å². The second-order valence-electron chi connectivity index (χ2n) is 4.06. The number of carbonyl (C=O) groups is 1. The molecule has 0 aromatic rings. The van der Waals surface area contributed by atoms with Gasteiger partial charge in [0.25, 0.3) is 0 Å². The Balaban J connectivity index is 0. The molecule has 0 radical (unpaired) electrons. The summed E-state index contributed by atoms with van der Waals surface area (Å²) in [5, 5.41) is 9.37. The van der Waals surface area contributed by atoms with Crippen molar-refractivity contribution in [2.24, 2.45) is 5.41 Å². The van der Waals surface area contributed by atoms with Crippen LogP contribution in [-0.4, -0.2) is 24.1 Å². The van der Waals surface area contributed by atoms with Crippen molar-refractivity contribution in [2.45, 2.75) is 33.8 Å². The van der Waals surface area contributed by atoms with E-state index in [4.69, 9.17) is 4.74 Å². The number of allylic oxidation sites excluding steroid dienone is 1. The minimum atomic E-state index is -0.457. The number of hydrogen-bond acceptors (Lipinski definition) is 3. The van der Waals surface area contributed by atoms with Crippen LogP contribution in [0.5, 0.6) is 0 Å². The molecule has 0 rings (SSSR count). The number of aliphatic hydroxyl groups excluding tert-OH is 1. The van der Waals surface area contributed by atoms with Gasteiger partial charge < -0.3 is 9.84 Å². The van der Waals surface area contributed by atoms with E-state index in [1.807, 2.05) is 0 Å². The Hall–Kier alpha value is -0.336. The molecule has 0 bridgehead atoms. The summed E-state index contributed by atoms with van der Waals surface area (Å²) in [5.74, 6) is -0.128. The number of hydrogen-bond donors (Lipinski definition) is 1.